The lowest BCUT2D eigenvalue weighted by atomic mass is 10.1. The van der Waals surface area contributed by atoms with Gasteiger partial charge < -0.3 is 5.32 Å². The standard InChI is InChI=1S/C15H11F3N6O/c16-15(17,18)13(10-2-1-5-19-6-10)23-14(25)11-3-4-12(20-7-11)24-8-21-22-9-24/h1-9,13H,(H,23,25)/t13-/m0/s1. The maximum atomic E-state index is 13.3. The molecule has 1 atom stereocenters. The number of halogens is 3. The number of amides is 1. The molecule has 0 unspecified atom stereocenters. The molecule has 3 aromatic heterocycles. The van der Waals surface area contributed by atoms with Crippen molar-refractivity contribution in [3.05, 3.63) is 66.6 Å². The molecule has 0 spiro atoms. The summed E-state index contributed by atoms with van der Waals surface area (Å²) in [5.41, 5.74) is -0.160. The SMILES string of the molecule is O=C(N[C@@H](c1cccnc1)C(F)(F)F)c1ccc(-n2cnnc2)nc1. The Morgan fingerprint density at radius 1 is 1.12 bits per heavy atom. The maximum absolute atomic E-state index is 13.3. The van der Waals surface area contributed by atoms with E-state index in [1.807, 2.05) is 5.32 Å². The van der Waals surface area contributed by atoms with Gasteiger partial charge in [0, 0.05) is 24.2 Å². The van der Waals surface area contributed by atoms with Crippen LogP contribution < -0.4 is 5.32 Å². The Labute approximate surface area is 139 Å². The lowest BCUT2D eigenvalue weighted by Gasteiger charge is -2.21. The molecule has 7 nitrogen and oxygen atoms in total. The molecule has 128 valence electrons. The van der Waals surface area contributed by atoms with Gasteiger partial charge in [0.05, 0.1) is 5.56 Å². The predicted octanol–water partition coefficient (Wildman–Crippen LogP) is 2.09. The Morgan fingerprint density at radius 3 is 2.44 bits per heavy atom. The van der Waals surface area contributed by atoms with Crippen LogP contribution in [0.25, 0.3) is 5.82 Å². The number of hydrogen-bond acceptors (Lipinski definition) is 5. The summed E-state index contributed by atoms with van der Waals surface area (Å²) in [6.07, 6.45) is 1.75. The minimum Gasteiger partial charge on any atom is -0.337 e. The fourth-order valence-corrected chi connectivity index (χ4v) is 2.11. The molecule has 0 radical (unpaired) electrons. The van der Waals surface area contributed by atoms with Gasteiger partial charge in [0.1, 0.15) is 18.5 Å². The van der Waals surface area contributed by atoms with Gasteiger partial charge in [-0.1, -0.05) is 6.07 Å². The molecule has 1 N–H and O–H groups in total. The number of alkyl halides is 3. The molecular weight excluding hydrogens is 337 g/mol. The first-order valence-electron chi connectivity index (χ1n) is 7.04. The highest BCUT2D eigenvalue weighted by molar-refractivity contribution is 5.94. The first kappa shape index (κ1) is 16.6. The van der Waals surface area contributed by atoms with Crippen molar-refractivity contribution in [2.75, 3.05) is 0 Å². The molecule has 1 amide bonds. The summed E-state index contributed by atoms with van der Waals surface area (Å²) in [6, 6.07) is 3.31. The van der Waals surface area contributed by atoms with E-state index in [-0.39, 0.29) is 11.1 Å². The second-order valence-electron chi connectivity index (χ2n) is 5.01. The van der Waals surface area contributed by atoms with Crippen molar-refractivity contribution in [3.8, 4) is 5.82 Å². The minimum atomic E-state index is -4.66. The normalized spacial score (nSPS) is 12.6. The van der Waals surface area contributed by atoms with Gasteiger partial charge in [-0.3, -0.25) is 14.3 Å². The van der Waals surface area contributed by atoms with E-state index < -0.39 is 18.1 Å². The quantitative estimate of drug-likeness (QED) is 0.780. The van der Waals surface area contributed by atoms with Crippen molar-refractivity contribution in [1.82, 2.24) is 30.0 Å². The molecule has 3 aromatic rings. The highest BCUT2D eigenvalue weighted by atomic mass is 19.4. The third kappa shape index (κ3) is 3.79. The number of pyridine rings is 2. The summed E-state index contributed by atoms with van der Waals surface area (Å²) in [4.78, 5) is 19.8. The van der Waals surface area contributed by atoms with Crippen LogP contribution in [0.15, 0.2) is 55.5 Å². The van der Waals surface area contributed by atoms with Crippen LogP contribution in [0.4, 0.5) is 13.2 Å². The third-order valence-corrected chi connectivity index (χ3v) is 3.31. The molecule has 0 aliphatic rings. The minimum absolute atomic E-state index is 0.00466. The van der Waals surface area contributed by atoms with Crippen LogP contribution in [0.5, 0.6) is 0 Å². The summed E-state index contributed by atoms with van der Waals surface area (Å²) in [6.45, 7) is 0. The summed E-state index contributed by atoms with van der Waals surface area (Å²) >= 11 is 0. The molecule has 10 heteroatoms. The second-order valence-corrected chi connectivity index (χ2v) is 5.01. The average molecular weight is 348 g/mol. The van der Waals surface area contributed by atoms with E-state index in [1.54, 1.807) is 0 Å². The molecule has 0 saturated carbocycles. The smallest absolute Gasteiger partial charge is 0.337 e. The van der Waals surface area contributed by atoms with Crippen LogP contribution in [0.3, 0.4) is 0 Å². The van der Waals surface area contributed by atoms with Crippen molar-refractivity contribution >= 4 is 5.91 Å². The average Bonchev–Trinajstić information content (AvgIpc) is 3.14. The van der Waals surface area contributed by atoms with Gasteiger partial charge in [-0.15, -0.1) is 10.2 Å². The second kappa shape index (κ2) is 6.67. The molecule has 0 bridgehead atoms. The number of hydrogen-bond donors (Lipinski definition) is 1. The van der Waals surface area contributed by atoms with Gasteiger partial charge in [-0.2, -0.15) is 13.2 Å². The molecule has 3 rings (SSSR count). The van der Waals surface area contributed by atoms with E-state index in [2.05, 4.69) is 20.2 Å². The highest BCUT2D eigenvalue weighted by Crippen LogP contribution is 2.32. The van der Waals surface area contributed by atoms with E-state index in [9.17, 15) is 18.0 Å². The lowest BCUT2D eigenvalue weighted by molar-refractivity contribution is -0.155. The molecule has 0 saturated heterocycles. The number of aromatic nitrogens is 5. The van der Waals surface area contributed by atoms with E-state index in [0.29, 0.717) is 5.82 Å². The fourth-order valence-electron chi connectivity index (χ4n) is 2.11. The summed E-state index contributed by atoms with van der Waals surface area (Å²) in [5.74, 6) is -0.463. The first-order chi connectivity index (χ1) is 11.9. The molecule has 25 heavy (non-hydrogen) atoms. The topological polar surface area (TPSA) is 85.6 Å². The Morgan fingerprint density at radius 2 is 1.88 bits per heavy atom. The predicted molar refractivity (Wildman–Crippen MR) is 79.7 cm³/mol. The number of nitrogens with zero attached hydrogens (tertiary/aromatic N) is 5. The van der Waals surface area contributed by atoms with Crippen LogP contribution in [0.1, 0.15) is 22.0 Å². The van der Waals surface area contributed by atoms with Gasteiger partial charge in [0.25, 0.3) is 5.91 Å². The van der Waals surface area contributed by atoms with Crippen molar-refractivity contribution in [2.45, 2.75) is 12.2 Å². The van der Waals surface area contributed by atoms with Crippen LogP contribution in [0.2, 0.25) is 0 Å². The molecule has 0 fully saturated rings. The summed E-state index contributed by atoms with van der Waals surface area (Å²) < 4.78 is 41.3. The molecule has 3 heterocycles. The lowest BCUT2D eigenvalue weighted by Crippen LogP contribution is -2.38. The zero-order chi connectivity index (χ0) is 17.9. The van der Waals surface area contributed by atoms with Gasteiger partial charge in [0.15, 0.2) is 6.04 Å². The summed E-state index contributed by atoms with van der Waals surface area (Å²) in [5, 5.41) is 9.21. The largest absolute Gasteiger partial charge is 0.412 e. The van der Waals surface area contributed by atoms with Gasteiger partial charge in [-0.05, 0) is 18.2 Å². The van der Waals surface area contributed by atoms with E-state index in [1.165, 1.54) is 53.9 Å². The first-order valence-corrected chi connectivity index (χ1v) is 7.04. The number of carbonyl (C=O) groups is 1. The zero-order valence-corrected chi connectivity index (χ0v) is 12.6. The van der Waals surface area contributed by atoms with Gasteiger partial charge >= 0.3 is 6.18 Å². The van der Waals surface area contributed by atoms with Crippen LogP contribution in [-0.4, -0.2) is 36.8 Å². The van der Waals surface area contributed by atoms with Crippen LogP contribution in [-0.2, 0) is 0 Å². The monoisotopic (exact) mass is 348 g/mol. The summed E-state index contributed by atoms with van der Waals surface area (Å²) in [7, 11) is 0. The molecule has 0 aromatic carbocycles. The van der Waals surface area contributed by atoms with Crippen molar-refractivity contribution in [1.29, 1.82) is 0 Å². The van der Waals surface area contributed by atoms with Crippen molar-refractivity contribution < 1.29 is 18.0 Å². The molecule has 0 aliphatic carbocycles. The number of carbonyl (C=O) groups excluding carboxylic acids is 1. The van der Waals surface area contributed by atoms with Gasteiger partial charge in [-0.25, -0.2) is 4.98 Å². The third-order valence-electron chi connectivity index (χ3n) is 3.31. The van der Waals surface area contributed by atoms with E-state index in [0.717, 1.165) is 6.20 Å². The maximum Gasteiger partial charge on any atom is 0.412 e. The Hall–Kier alpha value is -3.30. The Balaban J connectivity index is 1.80. The number of rotatable bonds is 4. The molecular formula is C15H11F3N6O. The Kier molecular flexibility index (Phi) is 4.42. The highest BCUT2D eigenvalue weighted by Gasteiger charge is 2.42. The molecule has 0 aliphatic heterocycles. The fraction of sp³-hybridized carbons (Fsp3) is 0.133. The van der Waals surface area contributed by atoms with E-state index in [4.69, 9.17) is 0 Å². The Bertz CT molecular complexity index is 834. The van der Waals surface area contributed by atoms with Crippen molar-refractivity contribution in [3.63, 3.8) is 0 Å². The zero-order valence-electron chi connectivity index (χ0n) is 12.6. The van der Waals surface area contributed by atoms with Gasteiger partial charge in [0.2, 0.25) is 0 Å². The van der Waals surface area contributed by atoms with Crippen LogP contribution >= 0.6 is 0 Å². The van der Waals surface area contributed by atoms with Crippen LogP contribution in [0, 0.1) is 0 Å². The number of nitrogens with one attached hydrogen (secondary N) is 1. The van der Waals surface area contributed by atoms with Crippen molar-refractivity contribution in [2.24, 2.45) is 0 Å². The van der Waals surface area contributed by atoms with E-state index >= 15 is 0 Å².